The van der Waals surface area contributed by atoms with Gasteiger partial charge in [0.25, 0.3) is 5.56 Å². The van der Waals surface area contributed by atoms with E-state index >= 15 is 0 Å². The topological polar surface area (TPSA) is 97.6 Å². The zero-order valence-corrected chi connectivity index (χ0v) is 24.1. The van der Waals surface area contributed by atoms with Gasteiger partial charge in [0, 0.05) is 0 Å². The third-order valence-electron chi connectivity index (χ3n) is 6.95. The van der Waals surface area contributed by atoms with E-state index in [0.717, 1.165) is 11.1 Å². The summed E-state index contributed by atoms with van der Waals surface area (Å²) < 4.78 is 30.0. The van der Waals surface area contributed by atoms with Crippen LogP contribution in [0.15, 0.2) is 87.8 Å². The van der Waals surface area contributed by atoms with Crippen LogP contribution in [0.2, 0.25) is 0 Å². The van der Waals surface area contributed by atoms with Crippen LogP contribution in [0.4, 0.5) is 0 Å². The monoisotopic (exact) mass is 584 g/mol. The Hall–Kier alpha value is -4.83. The number of hydrogen-bond acceptors (Lipinski definition) is 9. The number of rotatable bonds is 8. The van der Waals surface area contributed by atoms with Crippen LogP contribution in [0.1, 0.15) is 36.6 Å². The first-order valence-electron chi connectivity index (χ1n) is 13.4. The number of carbonyl (C=O) groups excluding carboxylic acids is 1. The van der Waals surface area contributed by atoms with Gasteiger partial charge in [-0.1, -0.05) is 53.8 Å². The van der Waals surface area contributed by atoms with Gasteiger partial charge in [0.2, 0.25) is 6.79 Å². The van der Waals surface area contributed by atoms with E-state index in [1.54, 1.807) is 43.7 Å². The van der Waals surface area contributed by atoms with E-state index in [0.29, 0.717) is 55.8 Å². The minimum Gasteiger partial charge on any atom is -0.493 e. The molecule has 0 bridgehead atoms. The smallest absolute Gasteiger partial charge is 0.338 e. The van der Waals surface area contributed by atoms with Crippen molar-refractivity contribution in [3.63, 3.8) is 0 Å². The first kappa shape index (κ1) is 27.3. The van der Waals surface area contributed by atoms with E-state index in [1.165, 1.54) is 11.3 Å². The molecule has 0 amide bonds. The van der Waals surface area contributed by atoms with Crippen molar-refractivity contribution in [1.29, 1.82) is 0 Å². The van der Waals surface area contributed by atoms with Crippen LogP contribution in [0, 0.1) is 0 Å². The number of nitrogens with zero attached hydrogens (tertiary/aromatic N) is 2. The zero-order chi connectivity index (χ0) is 29.2. The molecule has 0 aliphatic carbocycles. The molecule has 1 aromatic heterocycles. The van der Waals surface area contributed by atoms with Crippen molar-refractivity contribution in [3.8, 4) is 23.0 Å². The van der Waals surface area contributed by atoms with E-state index < -0.39 is 12.0 Å². The normalized spacial score (nSPS) is 15.7. The maximum atomic E-state index is 13.9. The van der Waals surface area contributed by atoms with E-state index in [2.05, 4.69) is 4.99 Å². The first-order valence-corrected chi connectivity index (χ1v) is 14.2. The highest BCUT2D eigenvalue weighted by Gasteiger charge is 2.34. The maximum Gasteiger partial charge on any atom is 0.338 e. The van der Waals surface area contributed by atoms with Crippen molar-refractivity contribution >= 4 is 23.4 Å². The number of allylic oxidation sites excluding steroid dienone is 1. The summed E-state index contributed by atoms with van der Waals surface area (Å²) in [5.41, 5.74) is 3.00. The minimum atomic E-state index is -0.750. The molecule has 0 radical (unpaired) electrons. The molecule has 0 spiro atoms. The molecule has 2 aliphatic heterocycles. The van der Waals surface area contributed by atoms with Gasteiger partial charge in [0.05, 0.1) is 35.6 Å². The second-order valence-electron chi connectivity index (χ2n) is 9.60. The van der Waals surface area contributed by atoms with Gasteiger partial charge in [-0.3, -0.25) is 9.36 Å². The van der Waals surface area contributed by atoms with Gasteiger partial charge >= 0.3 is 5.97 Å². The zero-order valence-electron chi connectivity index (χ0n) is 23.3. The molecule has 10 heteroatoms. The SMILES string of the molecule is CCOC(=O)C1=C(C)N=c2sc(=Cc3ccc(OCc4ccccc4)c(OC)c3)c(=O)n2C1c1ccc2c(c1)OCO2. The van der Waals surface area contributed by atoms with E-state index in [4.69, 9.17) is 23.7 Å². The molecule has 0 fully saturated rings. The van der Waals surface area contributed by atoms with Gasteiger partial charge in [0.1, 0.15) is 6.61 Å². The Labute approximate surface area is 245 Å². The van der Waals surface area contributed by atoms with Crippen LogP contribution in [-0.2, 0) is 16.1 Å². The maximum absolute atomic E-state index is 13.9. The van der Waals surface area contributed by atoms with E-state index in [1.807, 2.05) is 54.6 Å². The summed E-state index contributed by atoms with van der Waals surface area (Å²) >= 11 is 1.25. The number of carbonyl (C=O) groups is 1. The molecule has 1 unspecified atom stereocenters. The second kappa shape index (κ2) is 11.6. The molecule has 214 valence electrons. The third-order valence-corrected chi connectivity index (χ3v) is 7.93. The summed E-state index contributed by atoms with van der Waals surface area (Å²) in [6.45, 7) is 4.20. The van der Waals surface area contributed by atoms with Gasteiger partial charge in [-0.25, -0.2) is 9.79 Å². The molecule has 42 heavy (non-hydrogen) atoms. The lowest BCUT2D eigenvalue weighted by atomic mass is 9.95. The van der Waals surface area contributed by atoms with Crippen molar-refractivity contribution in [2.75, 3.05) is 20.5 Å². The lowest BCUT2D eigenvalue weighted by Gasteiger charge is -2.24. The fourth-order valence-electron chi connectivity index (χ4n) is 4.97. The molecular formula is C32H28N2O7S. The molecule has 1 atom stereocenters. The van der Waals surface area contributed by atoms with Crippen molar-refractivity contribution < 1.29 is 28.5 Å². The molecule has 3 heterocycles. The standard InChI is InChI=1S/C32H28N2O7S/c1-4-38-31(36)28-19(2)33-32-34(29(28)22-11-13-24-26(16-22)41-18-40-24)30(35)27(42-32)15-21-10-12-23(25(14-21)37-3)39-17-20-8-6-5-7-9-20/h5-16,29H,4,17-18H2,1-3H3. The lowest BCUT2D eigenvalue weighted by Crippen LogP contribution is -2.39. The molecule has 3 aromatic carbocycles. The van der Waals surface area contributed by atoms with Gasteiger partial charge < -0.3 is 23.7 Å². The molecule has 6 rings (SSSR count). The van der Waals surface area contributed by atoms with Crippen LogP contribution in [0.25, 0.3) is 6.08 Å². The number of aromatic nitrogens is 1. The predicted octanol–water partition coefficient (Wildman–Crippen LogP) is 4.11. The average molecular weight is 585 g/mol. The highest BCUT2D eigenvalue weighted by atomic mass is 32.1. The van der Waals surface area contributed by atoms with E-state index in [9.17, 15) is 9.59 Å². The van der Waals surface area contributed by atoms with Crippen LogP contribution in [0.5, 0.6) is 23.0 Å². The number of benzene rings is 3. The van der Waals surface area contributed by atoms with E-state index in [-0.39, 0.29) is 19.0 Å². The summed E-state index contributed by atoms with van der Waals surface area (Å²) in [5.74, 6) is 1.78. The van der Waals surface area contributed by atoms with Gasteiger partial charge in [-0.2, -0.15) is 0 Å². The Kier molecular flexibility index (Phi) is 7.54. The summed E-state index contributed by atoms with van der Waals surface area (Å²) in [7, 11) is 1.58. The quantitative estimate of drug-likeness (QED) is 0.288. The second-order valence-corrected chi connectivity index (χ2v) is 10.6. The van der Waals surface area contributed by atoms with Crippen LogP contribution < -0.4 is 33.8 Å². The minimum absolute atomic E-state index is 0.112. The Morgan fingerprint density at radius 1 is 1.07 bits per heavy atom. The first-order chi connectivity index (χ1) is 20.5. The molecule has 0 saturated heterocycles. The number of thiazole rings is 1. The number of esters is 1. The van der Waals surface area contributed by atoms with Crippen LogP contribution >= 0.6 is 11.3 Å². The van der Waals surface area contributed by atoms with Crippen molar-refractivity contribution in [3.05, 3.63) is 114 Å². The van der Waals surface area contributed by atoms with Gasteiger partial charge in [-0.15, -0.1) is 0 Å². The van der Waals surface area contributed by atoms with Gasteiger partial charge in [-0.05, 0) is 60.9 Å². The highest BCUT2D eigenvalue weighted by molar-refractivity contribution is 7.07. The molecule has 9 nitrogen and oxygen atoms in total. The number of ether oxygens (including phenoxy) is 5. The Bertz CT molecular complexity index is 1870. The molecule has 4 aromatic rings. The molecule has 2 aliphatic rings. The van der Waals surface area contributed by atoms with Crippen molar-refractivity contribution in [2.45, 2.75) is 26.5 Å². The van der Waals surface area contributed by atoms with Crippen molar-refractivity contribution in [1.82, 2.24) is 4.57 Å². The summed E-state index contributed by atoms with van der Waals surface area (Å²) in [4.78, 5) is 32.2. The third kappa shape index (κ3) is 5.16. The predicted molar refractivity (Wildman–Crippen MR) is 157 cm³/mol. The highest BCUT2D eigenvalue weighted by Crippen LogP contribution is 2.38. The largest absolute Gasteiger partial charge is 0.493 e. The molecular weight excluding hydrogens is 556 g/mol. The average Bonchev–Trinajstić information content (AvgIpc) is 3.59. The Morgan fingerprint density at radius 2 is 1.88 bits per heavy atom. The van der Waals surface area contributed by atoms with Crippen LogP contribution in [-0.4, -0.2) is 31.0 Å². The fourth-order valence-corrected chi connectivity index (χ4v) is 6.02. The number of fused-ring (bicyclic) bond motifs is 2. The Balaban J connectivity index is 1.40. The summed E-state index contributed by atoms with van der Waals surface area (Å²) in [5, 5.41) is 0. The van der Waals surface area contributed by atoms with Gasteiger partial charge in [0.15, 0.2) is 27.8 Å². The molecule has 0 N–H and O–H groups in total. The summed E-state index contributed by atoms with van der Waals surface area (Å²) in [6.07, 6.45) is 1.79. The summed E-state index contributed by atoms with van der Waals surface area (Å²) in [6, 6.07) is 20.0. The van der Waals surface area contributed by atoms with Crippen LogP contribution in [0.3, 0.4) is 0 Å². The number of methoxy groups -OCH3 is 1. The number of hydrogen-bond donors (Lipinski definition) is 0. The lowest BCUT2D eigenvalue weighted by molar-refractivity contribution is -0.139. The fraction of sp³-hybridized carbons (Fsp3) is 0.219. The van der Waals surface area contributed by atoms with Crippen molar-refractivity contribution in [2.24, 2.45) is 4.99 Å². The molecule has 0 saturated carbocycles. The Morgan fingerprint density at radius 3 is 2.67 bits per heavy atom.